The molecule has 0 aliphatic heterocycles. The van der Waals surface area contributed by atoms with Gasteiger partial charge in [0.15, 0.2) is 6.61 Å². The lowest BCUT2D eigenvalue weighted by molar-refractivity contribution is -0.146. The molecule has 3 rings (SSSR count). The van der Waals surface area contributed by atoms with Gasteiger partial charge in [-0.1, -0.05) is 48.5 Å². The van der Waals surface area contributed by atoms with E-state index in [0.29, 0.717) is 11.3 Å². The summed E-state index contributed by atoms with van der Waals surface area (Å²) >= 11 is 0. The Kier molecular flexibility index (Phi) is 5.25. The summed E-state index contributed by atoms with van der Waals surface area (Å²) < 4.78 is 5.07. The van der Waals surface area contributed by atoms with Gasteiger partial charge in [0.2, 0.25) is 0 Å². The summed E-state index contributed by atoms with van der Waals surface area (Å²) in [7, 11) is 0. The number of amides is 1. The van der Waals surface area contributed by atoms with Gasteiger partial charge in [0.05, 0.1) is 18.1 Å². The van der Waals surface area contributed by atoms with Crippen LogP contribution in [0.2, 0.25) is 0 Å². The van der Waals surface area contributed by atoms with E-state index in [2.05, 4.69) is 5.32 Å². The van der Waals surface area contributed by atoms with E-state index in [1.807, 2.05) is 48.5 Å². The number of fused-ring (bicyclic) bond motifs is 1. The van der Waals surface area contributed by atoms with E-state index in [9.17, 15) is 9.59 Å². The number of nitrogens with zero attached hydrogens (tertiary/aromatic N) is 1. The van der Waals surface area contributed by atoms with Crippen LogP contribution in [0.4, 0.5) is 5.69 Å². The number of hydrogen-bond donors (Lipinski definition) is 1. The highest BCUT2D eigenvalue weighted by Crippen LogP contribution is 2.19. The van der Waals surface area contributed by atoms with E-state index in [4.69, 9.17) is 10.00 Å². The van der Waals surface area contributed by atoms with Gasteiger partial charge in [0.25, 0.3) is 5.91 Å². The van der Waals surface area contributed by atoms with Gasteiger partial charge in [-0.15, -0.1) is 0 Å². The van der Waals surface area contributed by atoms with Crippen molar-refractivity contribution in [2.45, 2.75) is 6.42 Å². The lowest BCUT2D eigenvalue weighted by Gasteiger charge is -2.08. The molecule has 0 aliphatic carbocycles. The zero-order valence-electron chi connectivity index (χ0n) is 13.9. The van der Waals surface area contributed by atoms with Crippen molar-refractivity contribution in [3.63, 3.8) is 0 Å². The number of carbonyl (C=O) groups is 2. The summed E-state index contributed by atoms with van der Waals surface area (Å²) in [5.74, 6) is -0.923. The van der Waals surface area contributed by atoms with Crippen LogP contribution in [0, 0.1) is 11.3 Å². The molecule has 0 radical (unpaired) electrons. The van der Waals surface area contributed by atoms with Gasteiger partial charge >= 0.3 is 5.97 Å². The summed E-state index contributed by atoms with van der Waals surface area (Å²) in [6.07, 6.45) is 0.0958. The average Bonchev–Trinajstić information content (AvgIpc) is 2.67. The summed E-state index contributed by atoms with van der Waals surface area (Å²) in [6, 6.07) is 22.0. The average molecular weight is 344 g/mol. The second kappa shape index (κ2) is 7.95. The zero-order valence-corrected chi connectivity index (χ0v) is 13.9. The maximum Gasteiger partial charge on any atom is 0.310 e. The normalized spacial score (nSPS) is 10.1. The standard InChI is InChI=1S/C21H16N2O3/c22-13-15-5-3-9-18(11-15)23-20(24)14-26-21(25)12-17-8-4-7-16-6-1-2-10-19(16)17/h1-11H,12,14H2,(H,23,24). The smallest absolute Gasteiger partial charge is 0.310 e. The summed E-state index contributed by atoms with van der Waals surface area (Å²) in [5.41, 5.74) is 1.78. The van der Waals surface area contributed by atoms with Gasteiger partial charge in [0, 0.05) is 5.69 Å². The van der Waals surface area contributed by atoms with Crippen LogP contribution < -0.4 is 5.32 Å². The molecule has 1 N–H and O–H groups in total. The van der Waals surface area contributed by atoms with E-state index >= 15 is 0 Å². The molecule has 1 amide bonds. The van der Waals surface area contributed by atoms with E-state index in [1.165, 1.54) is 0 Å². The van der Waals surface area contributed by atoms with Gasteiger partial charge in [-0.25, -0.2) is 0 Å². The monoisotopic (exact) mass is 344 g/mol. The number of nitrogens with one attached hydrogen (secondary N) is 1. The Morgan fingerprint density at radius 2 is 1.77 bits per heavy atom. The number of esters is 1. The molecule has 0 atom stereocenters. The third kappa shape index (κ3) is 4.25. The molecule has 0 saturated heterocycles. The molecule has 0 aliphatic rings. The van der Waals surface area contributed by atoms with Crippen LogP contribution >= 0.6 is 0 Å². The molecule has 5 heteroatoms. The van der Waals surface area contributed by atoms with E-state index < -0.39 is 11.9 Å². The minimum atomic E-state index is -0.470. The molecule has 5 nitrogen and oxygen atoms in total. The zero-order chi connectivity index (χ0) is 18.4. The summed E-state index contributed by atoms with van der Waals surface area (Å²) in [5, 5.41) is 13.5. The largest absolute Gasteiger partial charge is 0.455 e. The second-order valence-electron chi connectivity index (χ2n) is 5.72. The van der Waals surface area contributed by atoms with E-state index in [-0.39, 0.29) is 13.0 Å². The Bertz CT molecular complexity index is 1000. The van der Waals surface area contributed by atoms with Gasteiger partial charge in [-0.2, -0.15) is 5.26 Å². The van der Waals surface area contributed by atoms with Crippen LogP contribution in [0.5, 0.6) is 0 Å². The Morgan fingerprint density at radius 3 is 2.62 bits per heavy atom. The highest BCUT2D eigenvalue weighted by Gasteiger charge is 2.11. The van der Waals surface area contributed by atoms with E-state index in [0.717, 1.165) is 16.3 Å². The molecular formula is C21H16N2O3. The van der Waals surface area contributed by atoms with Gasteiger partial charge in [0.1, 0.15) is 0 Å². The predicted molar refractivity (Wildman–Crippen MR) is 98.4 cm³/mol. The van der Waals surface area contributed by atoms with Crippen LogP contribution in [0.1, 0.15) is 11.1 Å². The fraction of sp³-hybridized carbons (Fsp3) is 0.0952. The molecule has 3 aromatic carbocycles. The first-order chi connectivity index (χ1) is 12.7. The van der Waals surface area contributed by atoms with Gasteiger partial charge in [-0.05, 0) is 34.5 Å². The Balaban J connectivity index is 1.56. The van der Waals surface area contributed by atoms with Gasteiger partial charge < -0.3 is 10.1 Å². The third-order valence-corrected chi connectivity index (χ3v) is 3.85. The van der Waals surface area contributed by atoms with Crippen LogP contribution in [0.25, 0.3) is 10.8 Å². The SMILES string of the molecule is N#Cc1cccc(NC(=O)COC(=O)Cc2cccc3ccccc23)c1. The quantitative estimate of drug-likeness (QED) is 0.719. The number of carbonyl (C=O) groups excluding carboxylic acids is 2. The van der Waals surface area contributed by atoms with Crippen molar-refractivity contribution in [1.29, 1.82) is 5.26 Å². The Hall–Kier alpha value is -3.65. The minimum Gasteiger partial charge on any atom is -0.455 e. The number of hydrogen-bond acceptors (Lipinski definition) is 4. The number of benzene rings is 3. The highest BCUT2D eigenvalue weighted by molar-refractivity contribution is 5.93. The van der Waals surface area contributed by atoms with Crippen molar-refractivity contribution < 1.29 is 14.3 Å². The van der Waals surface area contributed by atoms with Crippen LogP contribution in [0.3, 0.4) is 0 Å². The third-order valence-electron chi connectivity index (χ3n) is 3.85. The number of ether oxygens (including phenoxy) is 1. The van der Waals surface area contributed by atoms with Crippen LogP contribution in [-0.4, -0.2) is 18.5 Å². The van der Waals surface area contributed by atoms with Crippen molar-refractivity contribution in [3.05, 3.63) is 77.9 Å². The maximum atomic E-state index is 12.1. The molecule has 128 valence electrons. The second-order valence-corrected chi connectivity index (χ2v) is 5.72. The fourth-order valence-electron chi connectivity index (χ4n) is 2.66. The number of rotatable bonds is 5. The molecular weight excluding hydrogens is 328 g/mol. The number of nitriles is 1. The summed E-state index contributed by atoms with van der Waals surface area (Å²) in [4.78, 5) is 24.0. The first-order valence-corrected chi connectivity index (χ1v) is 8.08. The molecule has 0 unspecified atom stereocenters. The first-order valence-electron chi connectivity index (χ1n) is 8.08. The highest BCUT2D eigenvalue weighted by atomic mass is 16.5. The van der Waals surface area contributed by atoms with Crippen LogP contribution in [0.15, 0.2) is 66.7 Å². The van der Waals surface area contributed by atoms with Crippen molar-refractivity contribution in [2.75, 3.05) is 11.9 Å². The molecule has 0 heterocycles. The van der Waals surface area contributed by atoms with Crippen molar-refractivity contribution in [3.8, 4) is 6.07 Å². The topological polar surface area (TPSA) is 79.2 Å². The molecule has 0 fully saturated rings. The van der Waals surface area contributed by atoms with Crippen molar-refractivity contribution in [2.24, 2.45) is 0 Å². The van der Waals surface area contributed by atoms with Crippen molar-refractivity contribution >= 4 is 28.3 Å². The lowest BCUT2D eigenvalue weighted by atomic mass is 10.0. The fourth-order valence-corrected chi connectivity index (χ4v) is 2.66. The number of anilines is 1. The minimum absolute atomic E-state index is 0.0958. The Morgan fingerprint density at radius 1 is 1.00 bits per heavy atom. The predicted octanol–water partition coefficient (Wildman–Crippen LogP) is 3.44. The molecule has 0 bridgehead atoms. The summed E-state index contributed by atoms with van der Waals surface area (Å²) in [6.45, 7) is -0.375. The Labute approximate surface area is 150 Å². The van der Waals surface area contributed by atoms with Crippen LogP contribution in [-0.2, 0) is 20.7 Å². The molecule has 0 spiro atoms. The molecule has 26 heavy (non-hydrogen) atoms. The molecule has 3 aromatic rings. The van der Waals surface area contributed by atoms with E-state index in [1.54, 1.807) is 24.3 Å². The van der Waals surface area contributed by atoms with Gasteiger partial charge in [-0.3, -0.25) is 9.59 Å². The first kappa shape index (κ1) is 17.2. The molecule has 0 saturated carbocycles. The maximum absolute atomic E-state index is 12.1. The molecule has 0 aromatic heterocycles. The lowest BCUT2D eigenvalue weighted by Crippen LogP contribution is -2.21. The van der Waals surface area contributed by atoms with Crippen molar-refractivity contribution in [1.82, 2.24) is 0 Å².